The molecular weight excluding hydrogens is 492 g/mol. The summed E-state index contributed by atoms with van der Waals surface area (Å²) in [5, 5.41) is 6.78. The molecule has 1 atom stereocenters. The van der Waals surface area contributed by atoms with E-state index in [4.69, 9.17) is 14.7 Å². The van der Waals surface area contributed by atoms with Gasteiger partial charge in [-0.2, -0.15) is 0 Å². The van der Waals surface area contributed by atoms with Crippen LogP contribution in [0.1, 0.15) is 63.1 Å². The Hall–Kier alpha value is -3.39. The normalized spacial score (nSPS) is 17.5. The summed E-state index contributed by atoms with van der Waals surface area (Å²) in [6.45, 7) is 9.01. The van der Waals surface area contributed by atoms with Crippen LogP contribution in [0.5, 0.6) is 5.75 Å². The van der Waals surface area contributed by atoms with Crippen molar-refractivity contribution in [3.63, 3.8) is 0 Å². The van der Waals surface area contributed by atoms with Crippen molar-refractivity contribution >= 4 is 16.7 Å². The van der Waals surface area contributed by atoms with Gasteiger partial charge < -0.3 is 15.4 Å². The third-order valence-corrected chi connectivity index (χ3v) is 8.22. The Bertz CT molecular complexity index is 1290. The molecule has 1 aliphatic heterocycles. The number of hydrogen-bond acceptors (Lipinski definition) is 8. The molecule has 0 saturated heterocycles. The number of thioether (sulfide) groups is 1. The number of aryl methyl sites for hydroxylation is 1. The van der Waals surface area contributed by atoms with E-state index in [0.717, 1.165) is 64.2 Å². The van der Waals surface area contributed by atoms with Crippen LogP contribution in [-0.4, -0.2) is 32.0 Å². The van der Waals surface area contributed by atoms with Gasteiger partial charge in [-0.1, -0.05) is 63.4 Å². The van der Waals surface area contributed by atoms with Crippen LogP contribution in [0.4, 0.5) is 0 Å². The van der Waals surface area contributed by atoms with Gasteiger partial charge in [-0.25, -0.2) is 15.0 Å². The molecular formula is C30H36N6OS. The molecule has 8 heteroatoms. The number of aromatic nitrogens is 4. The molecule has 198 valence electrons. The fourth-order valence-corrected chi connectivity index (χ4v) is 5.84. The standard InChI is InChI=1S/C30H36N6OS/c1-4-21(3)34-30-33-19-28(38-30)26-17-25(35-29(36-26)27-18-31-13-14-32-27)24-16-23(11-10-20(24)2)37-15-12-22-8-6-5-7-9-22/h10-11,13-14,16-19,22,30,33-34H,3-9,12,15H2,1-2H3. The van der Waals surface area contributed by atoms with Crippen molar-refractivity contribution in [2.75, 3.05) is 6.61 Å². The summed E-state index contributed by atoms with van der Waals surface area (Å²) in [4.78, 5) is 19.5. The SMILES string of the molecule is C=C(CC)NC1NC=C(c2cc(-c3cc(OCCC4CCCCC4)ccc3C)nc(-c3cnccn3)n2)S1. The molecule has 38 heavy (non-hydrogen) atoms. The molecule has 1 fully saturated rings. The summed E-state index contributed by atoms with van der Waals surface area (Å²) in [5.41, 5.74) is 5.47. The first kappa shape index (κ1) is 26.2. The molecule has 2 N–H and O–H groups in total. The van der Waals surface area contributed by atoms with Crippen LogP contribution in [0.15, 0.2) is 61.3 Å². The summed E-state index contributed by atoms with van der Waals surface area (Å²) in [5.74, 6) is 2.22. The highest BCUT2D eigenvalue weighted by Gasteiger charge is 2.22. The van der Waals surface area contributed by atoms with Gasteiger partial charge in [0.1, 0.15) is 16.9 Å². The smallest absolute Gasteiger partial charge is 0.180 e. The first-order valence-electron chi connectivity index (χ1n) is 13.6. The topological polar surface area (TPSA) is 84.9 Å². The van der Waals surface area contributed by atoms with Crippen molar-refractivity contribution in [2.24, 2.45) is 5.92 Å². The fourth-order valence-electron chi connectivity index (χ4n) is 4.87. The van der Waals surface area contributed by atoms with Gasteiger partial charge in [-0.15, -0.1) is 0 Å². The number of nitrogens with one attached hydrogen (secondary N) is 2. The number of hydrogen-bond donors (Lipinski definition) is 2. The zero-order valence-electron chi connectivity index (χ0n) is 22.2. The van der Waals surface area contributed by atoms with E-state index in [1.165, 1.54) is 32.1 Å². The van der Waals surface area contributed by atoms with Crippen molar-refractivity contribution in [2.45, 2.75) is 64.3 Å². The maximum absolute atomic E-state index is 6.22. The minimum atomic E-state index is 0.0125. The second kappa shape index (κ2) is 12.4. The maximum Gasteiger partial charge on any atom is 0.180 e. The van der Waals surface area contributed by atoms with Gasteiger partial charge in [-0.3, -0.25) is 4.98 Å². The van der Waals surface area contributed by atoms with E-state index in [1.807, 2.05) is 12.3 Å². The average Bonchev–Trinajstić information content (AvgIpc) is 3.43. The molecule has 2 aliphatic rings. The van der Waals surface area contributed by atoms with E-state index in [2.05, 4.69) is 59.2 Å². The van der Waals surface area contributed by atoms with E-state index in [9.17, 15) is 0 Å². The number of ether oxygens (including phenoxy) is 1. The summed E-state index contributed by atoms with van der Waals surface area (Å²) in [7, 11) is 0. The number of rotatable bonds is 10. The minimum absolute atomic E-state index is 0.0125. The Labute approximate surface area is 229 Å². The molecule has 0 amide bonds. The summed E-state index contributed by atoms with van der Waals surface area (Å²) < 4.78 is 6.22. The third kappa shape index (κ3) is 6.54. The van der Waals surface area contributed by atoms with Crippen molar-refractivity contribution < 1.29 is 4.74 Å². The van der Waals surface area contributed by atoms with Gasteiger partial charge in [0.05, 0.1) is 29.1 Å². The Morgan fingerprint density at radius 3 is 2.74 bits per heavy atom. The number of nitrogens with zero attached hydrogens (tertiary/aromatic N) is 4. The summed E-state index contributed by atoms with van der Waals surface area (Å²) in [6.07, 6.45) is 15.8. The Morgan fingerprint density at radius 2 is 1.95 bits per heavy atom. The highest BCUT2D eigenvalue weighted by molar-refractivity contribution is 8.09. The molecule has 1 aromatic carbocycles. The molecule has 1 unspecified atom stereocenters. The van der Waals surface area contributed by atoms with Crippen LogP contribution < -0.4 is 15.4 Å². The zero-order chi connectivity index (χ0) is 26.3. The van der Waals surface area contributed by atoms with E-state index in [0.29, 0.717) is 11.5 Å². The zero-order valence-corrected chi connectivity index (χ0v) is 23.1. The molecule has 5 rings (SSSR count). The third-order valence-electron chi connectivity index (χ3n) is 7.15. The molecule has 1 aliphatic carbocycles. The van der Waals surface area contributed by atoms with Gasteiger partial charge in [0.25, 0.3) is 0 Å². The molecule has 1 saturated carbocycles. The van der Waals surface area contributed by atoms with Crippen LogP contribution in [0, 0.1) is 12.8 Å². The van der Waals surface area contributed by atoms with Crippen LogP contribution in [0.25, 0.3) is 27.7 Å². The maximum atomic E-state index is 6.22. The predicted molar refractivity (Wildman–Crippen MR) is 155 cm³/mol. The lowest BCUT2D eigenvalue weighted by Gasteiger charge is -2.21. The molecule has 3 aromatic rings. The first-order valence-corrected chi connectivity index (χ1v) is 14.4. The van der Waals surface area contributed by atoms with Crippen LogP contribution in [-0.2, 0) is 0 Å². The fraction of sp³-hybridized carbons (Fsp3) is 0.400. The van der Waals surface area contributed by atoms with E-state index in [1.54, 1.807) is 30.4 Å². The lowest BCUT2D eigenvalue weighted by Crippen LogP contribution is -2.32. The lowest BCUT2D eigenvalue weighted by atomic mass is 9.87. The van der Waals surface area contributed by atoms with Crippen molar-refractivity contribution in [3.05, 3.63) is 72.6 Å². The van der Waals surface area contributed by atoms with Crippen LogP contribution in [0.2, 0.25) is 0 Å². The molecule has 0 bridgehead atoms. The molecule has 0 spiro atoms. The molecule has 3 heterocycles. The van der Waals surface area contributed by atoms with Gasteiger partial charge >= 0.3 is 0 Å². The van der Waals surface area contributed by atoms with Crippen molar-refractivity contribution in [3.8, 4) is 28.5 Å². The second-order valence-electron chi connectivity index (χ2n) is 9.95. The number of benzene rings is 1. The lowest BCUT2D eigenvalue weighted by molar-refractivity contribution is 0.246. The van der Waals surface area contributed by atoms with Crippen LogP contribution >= 0.6 is 11.8 Å². The largest absolute Gasteiger partial charge is 0.494 e. The van der Waals surface area contributed by atoms with Gasteiger partial charge in [-0.05, 0) is 49.4 Å². The van der Waals surface area contributed by atoms with Gasteiger partial charge in [0.15, 0.2) is 5.82 Å². The van der Waals surface area contributed by atoms with E-state index >= 15 is 0 Å². The monoisotopic (exact) mass is 528 g/mol. The quantitative estimate of drug-likeness (QED) is 0.301. The highest BCUT2D eigenvalue weighted by atomic mass is 32.2. The van der Waals surface area contributed by atoms with Gasteiger partial charge in [0.2, 0.25) is 0 Å². The average molecular weight is 529 g/mol. The Morgan fingerprint density at radius 1 is 1.11 bits per heavy atom. The van der Waals surface area contributed by atoms with E-state index in [-0.39, 0.29) is 5.50 Å². The Kier molecular flexibility index (Phi) is 8.58. The second-order valence-corrected chi connectivity index (χ2v) is 11.1. The van der Waals surface area contributed by atoms with Crippen molar-refractivity contribution in [1.82, 2.24) is 30.6 Å². The predicted octanol–water partition coefficient (Wildman–Crippen LogP) is 6.69. The minimum Gasteiger partial charge on any atom is -0.494 e. The molecule has 2 aromatic heterocycles. The van der Waals surface area contributed by atoms with Gasteiger partial charge in [0, 0.05) is 29.9 Å². The Balaban J connectivity index is 1.41. The highest BCUT2D eigenvalue weighted by Crippen LogP contribution is 2.36. The van der Waals surface area contributed by atoms with Crippen LogP contribution in [0.3, 0.4) is 0 Å². The summed E-state index contributed by atoms with van der Waals surface area (Å²) >= 11 is 1.67. The molecule has 7 nitrogen and oxygen atoms in total. The molecule has 0 radical (unpaired) electrons. The van der Waals surface area contributed by atoms with Crippen molar-refractivity contribution in [1.29, 1.82) is 0 Å². The van der Waals surface area contributed by atoms with E-state index < -0.39 is 0 Å². The summed E-state index contributed by atoms with van der Waals surface area (Å²) in [6, 6.07) is 8.32. The number of allylic oxidation sites excluding steroid dienone is 1. The first-order chi connectivity index (χ1) is 18.6.